The molecule has 0 bridgehead atoms. The number of amides is 1. The van der Waals surface area contributed by atoms with E-state index in [0.29, 0.717) is 26.1 Å². The van der Waals surface area contributed by atoms with E-state index in [0.717, 1.165) is 17.5 Å². The van der Waals surface area contributed by atoms with Crippen molar-refractivity contribution < 1.29 is 22.4 Å². The predicted molar refractivity (Wildman–Crippen MR) is 83.1 cm³/mol. The van der Waals surface area contributed by atoms with Gasteiger partial charge in [-0.3, -0.25) is 4.79 Å². The average molecular weight is 356 g/mol. The molecule has 3 rings (SSSR count). The molecule has 0 spiro atoms. The maximum atomic E-state index is 12.5. The summed E-state index contributed by atoms with van der Waals surface area (Å²) < 4.78 is 33.5. The summed E-state index contributed by atoms with van der Waals surface area (Å²) in [5.74, 6) is -0.496. The van der Waals surface area contributed by atoms with Crippen LogP contribution in [0.5, 0.6) is 0 Å². The van der Waals surface area contributed by atoms with Gasteiger partial charge in [0.25, 0.3) is 5.91 Å². The third kappa shape index (κ3) is 3.31. The Morgan fingerprint density at radius 2 is 2.13 bits per heavy atom. The van der Waals surface area contributed by atoms with E-state index in [9.17, 15) is 13.2 Å². The van der Waals surface area contributed by atoms with E-state index in [-0.39, 0.29) is 10.7 Å². The number of hydrogen-bond donors (Lipinski definition) is 1. The number of carbonyl (C=O) groups excluding carboxylic acids is 1. The van der Waals surface area contributed by atoms with Crippen molar-refractivity contribution in [3.05, 3.63) is 34.7 Å². The molecule has 0 aliphatic carbocycles. The van der Waals surface area contributed by atoms with E-state index in [1.807, 2.05) is 5.38 Å². The van der Waals surface area contributed by atoms with Gasteiger partial charge in [-0.1, -0.05) is 0 Å². The van der Waals surface area contributed by atoms with Gasteiger partial charge in [-0.2, -0.15) is 0 Å². The molecule has 7 nitrogen and oxygen atoms in total. The van der Waals surface area contributed by atoms with E-state index in [1.54, 1.807) is 6.20 Å². The van der Waals surface area contributed by atoms with Crippen LogP contribution >= 0.6 is 11.3 Å². The summed E-state index contributed by atoms with van der Waals surface area (Å²) in [5.41, 5.74) is -0.610. The molecular weight excluding hydrogens is 340 g/mol. The van der Waals surface area contributed by atoms with E-state index < -0.39 is 21.3 Å². The van der Waals surface area contributed by atoms with Crippen LogP contribution in [-0.2, 0) is 20.1 Å². The fraction of sp³-hybridized carbons (Fsp3) is 0.429. The summed E-state index contributed by atoms with van der Waals surface area (Å²) >= 11 is 1.47. The zero-order chi connectivity index (χ0) is 16.5. The van der Waals surface area contributed by atoms with E-state index in [1.165, 1.54) is 17.4 Å². The third-order valence-corrected chi connectivity index (χ3v) is 5.82. The van der Waals surface area contributed by atoms with E-state index >= 15 is 0 Å². The minimum Gasteiger partial charge on any atom is -0.458 e. The second-order valence-electron chi connectivity index (χ2n) is 5.40. The van der Waals surface area contributed by atoms with Gasteiger partial charge in [-0.15, -0.1) is 11.3 Å². The molecule has 23 heavy (non-hydrogen) atoms. The first-order valence-corrected chi connectivity index (χ1v) is 9.77. The fourth-order valence-corrected chi connectivity index (χ4v) is 3.88. The lowest BCUT2D eigenvalue weighted by Crippen LogP contribution is -2.49. The summed E-state index contributed by atoms with van der Waals surface area (Å²) in [7, 11) is -3.41. The summed E-state index contributed by atoms with van der Waals surface area (Å²) in [6.45, 7) is 1.04. The smallest absolute Gasteiger partial charge is 0.287 e. The molecule has 1 N–H and O–H groups in total. The molecule has 1 amide bonds. The highest BCUT2D eigenvalue weighted by Crippen LogP contribution is 2.33. The Morgan fingerprint density at radius 3 is 2.70 bits per heavy atom. The first kappa shape index (κ1) is 16.2. The molecule has 2 aromatic heterocycles. The SMILES string of the molecule is CS(=O)(=O)c1coc(C(=O)NC2(c3nccs3)CCOCC2)c1. The summed E-state index contributed by atoms with van der Waals surface area (Å²) in [6, 6.07) is 1.24. The second-order valence-corrected chi connectivity index (χ2v) is 8.31. The Bertz CT molecular complexity index is 789. The molecule has 124 valence electrons. The van der Waals surface area contributed by atoms with Gasteiger partial charge in [0.1, 0.15) is 16.2 Å². The predicted octanol–water partition coefficient (Wildman–Crippen LogP) is 1.58. The van der Waals surface area contributed by atoms with Crippen LogP contribution in [0.4, 0.5) is 0 Å². The topological polar surface area (TPSA) is 98.5 Å². The zero-order valence-corrected chi connectivity index (χ0v) is 14.1. The van der Waals surface area contributed by atoms with Gasteiger partial charge < -0.3 is 14.5 Å². The van der Waals surface area contributed by atoms with Crippen molar-refractivity contribution in [3.63, 3.8) is 0 Å². The van der Waals surface area contributed by atoms with Gasteiger partial charge in [-0.05, 0) is 0 Å². The lowest BCUT2D eigenvalue weighted by molar-refractivity contribution is 0.0337. The van der Waals surface area contributed by atoms with Crippen LogP contribution < -0.4 is 5.32 Å². The summed E-state index contributed by atoms with van der Waals surface area (Å²) in [6.07, 6.45) is 5.04. The second kappa shape index (κ2) is 6.06. The van der Waals surface area contributed by atoms with E-state index in [2.05, 4.69) is 10.3 Å². The lowest BCUT2D eigenvalue weighted by atomic mass is 9.90. The monoisotopic (exact) mass is 356 g/mol. The molecule has 1 saturated heterocycles. The van der Waals surface area contributed by atoms with Gasteiger partial charge >= 0.3 is 0 Å². The summed E-state index contributed by atoms with van der Waals surface area (Å²) in [4.78, 5) is 16.8. The van der Waals surface area contributed by atoms with Crippen LogP contribution in [0.2, 0.25) is 0 Å². The molecule has 0 aromatic carbocycles. The normalized spacial score (nSPS) is 17.8. The third-order valence-electron chi connectivity index (χ3n) is 3.77. The molecule has 2 aromatic rings. The van der Waals surface area contributed by atoms with Gasteiger partial charge in [0, 0.05) is 50.0 Å². The van der Waals surface area contributed by atoms with Gasteiger partial charge in [0.15, 0.2) is 15.6 Å². The highest BCUT2D eigenvalue weighted by molar-refractivity contribution is 7.90. The number of nitrogens with zero attached hydrogens (tertiary/aromatic N) is 1. The Balaban J connectivity index is 1.86. The molecule has 3 heterocycles. The van der Waals surface area contributed by atoms with Crippen molar-refractivity contribution in [1.82, 2.24) is 10.3 Å². The van der Waals surface area contributed by atoms with Crippen LogP contribution in [0, 0.1) is 0 Å². The highest BCUT2D eigenvalue weighted by atomic mass is 32.2. The Kier molecular flexibility index (Phi) is 4.26. The number of aromatic nitrogens is 1. The molecule has 0 radical (unpaired) electrons. The number of hydrogen-bond acceptors (Lipinski definition) is 7. The van der Waals surface area contributed by atoms with Crippen LogP contribution in [0.15, 0.2) is 33.2 Å². The number of rotatable bonds is 4. The maximum absolute atomic E-state index is 12.5. The molecule has 1 aliphatic rings. The minimum absolute atomic E-state index is 0.0158. The largest absolute Gasteiger partial charge is 0.458 e. The van der Waals surface area contributed by atoms with Crippen molar-refractivity contribution in [2.75, 3.05) is 19.5 Å². The van der Waals surface area contributed by atoms with Crippen LogP contribution in [-0.4, -0.2) is 38.8 Å². The van der Waals surface area contributed by atoms with Crippen LogP contribution in [0.3, 0.4) is 0 Å². The molecule has 0 unspecified atom stereocenters. The van der Waals surface area contributed by atoms with Crippen molar-refractivity contribution in [2.45, 2.75) is 23.3 Å². The van der Waals surface area contributed by atoms with Crippen molar-refractivity contribution >= 4 is 27.1 Å². The maximum Gasteiger partial charge on any atom is 0.287 e. The fourth-order valence-electron chi connectivity index (χ4n) is 2.48. The first-order valence-electron chi connectivity index (χ1n) is 7.00. The number of carbonyl (C=O) groups is 1. The van der Waals surface area contributed by atoms with Gasteiger partial charge in [0.2, 0.25) is 0 Å². The number of furan rings is 1. The lowest BCUT2D eigenvalue weighted by Gasteiger charge is -2.35. The number of sulfone groups is 1. The first-order chi connectivity index (χ1) is 10.9. The Labute approximate surface area is 137 Å². The highest BCUT2D eigenvalue weighted by Gasteiger charge is 2.39. The molecule has 1 aliphatic heterocycles. The molecule has 0 atom stereocenters. The standard InChI is InChI=1S/C14H16N2O5S2/c1-23(18,19)10-8-11(21-9-10)12(17)16-14(2-5-20-6-3-14)13-15-4-7-22-13/h4,7-9H,2-3,5-6H2,1H3,(H,16,17). The molecule has 9 heteroatoms. The number of nitrogens with one attached hydrogen (secondary N) is 1. The van der Waals surface area contributed by atoms with Crippen molar-refractivity contribution in [2.24, 2.45) is 0 Å². The van der Waals surface area contributed by atoms with Crippen molar-refractivity contribution in [1.29, 1.82) is 0 Å². The minimum atomic E-state index is -3.41. The Morgan fingerprint density at radius 1 is 1.39 bits per heavy atom. The number of thiazole rings is 1. The molecular formula is C14H16N2O5S2. The van der Waals surface area contributed by atoms with Crippen molar-refractivity contribution in [3.8, 4) is 0 Å². The summed E-state index contributed by atoms with van der Waals surface area (Å²) in [5, 5.41) is 5.62. The molecule has 1 fully saturated rings. The Hall–Kier alpha value is -1.71. The van der Waals surface area contributed by atoms with Crippen LogP contribution in [0.1, 0.15) is 28.4 Å². The van der Waals surface area contributed by atoms with Gasteiger partial charge in [0.05, 0.1) is 5.54 Å². The number of ether oxygens (including phenoxy) is 1. The van der Waals surface area contributed by atoms with Gasteiger partial charge in [-0.25, -0.2) is 13.4 Å². The average Bonchev–Trinajstić information content (AvgIpc) is 3.19. The quantitative estimate of drug-likeness (QED) is 0.893. The van der Waals surface area contributed by atoms with Crippen LogP contribution in [0.25, 0.3) is 0 Å². The molecule has 0 saturated carbocycles. The zero-order valence-electron chi connectivity index (χ0n) is 12.4. The van der Waals surface area contributed by atoms with E-state index in [4.69, 9.17) is 9.15 Å².